The number of hydrogen-bond acceptors (Lipinski definition) is 4. The highest BCUT2D eigenvalue weighted by Crippen LogP contribution is 2.06. The highest BCUT2D eigenvalue weighted by Gasteiger charge is 2.15. The molecule has 0 bridgehead atoms. The van der Waals surface area contributed by atoms with Gasteiger partial charge >= 0.3 is 6.09 Å². The molecule has 0 unspecified atom stereocenters. The Hall–Kier alpha value is -2.34. The summed E-state index contributed by atoms with van der Waals surface area (Å²) in [6.07, 6.45) is 3.22. The van der Waals surface area contributed by atoms with Crippen LogP contribution in [0, 0.1) is 0 Å². The van der Waals surface area contributed by atoms with Crippen molar-refractivity contribution >= 4 is 6.09 Å². The topological polar surface area (TPSA) is 68.2 Å². The molecule has 0 saturated heterocycles. The molecule has 0 aliphatic rings. The lowest BCUT2D eigenvalue weighted by molar-refractivity contribution is 0.0497. The van der Waals surface area contributed by atoms with E-state index in [-0.39, 0.29) is 0 Å². The first-order valence-corrected chi connectivity index (χ1v) is 7.19. The summed E-state index contributed by atoms with van der Waals surface area (Å²) in [5, 5.41) is 4.30. The number of nitrogens with zero attached hydrogens (tertiary/aromatic N) is 2. The minimum Gasteiger partial charge on any atom is -0.443 e. The quantitative estimate of drug-likeness (QED) is 0.833. The molecule has 0 saturated carbocycles. The maximum absolute atomic E-state index is 11.5. The van der Waals surface area contributed by atoms with Crippen LogP contribution >= 0.6 is 0 Å². The number of benzene rings is 1. The van der Waals surface area contributed by atoms with Crippen molar-refractivity contribution in [2.24, 2.45) is 0 Å². The van der Waals surface area contributed by atoms with Crippen LogP contribution in [-0.2, 0) is 17.8 Å². The van der Waals surface area contributed by atoms with Gasteiger partial charge in [0.2, 0.25) is 0 Å². The number of carbonyl (C=O) groups excluding carboxylic acids is 1. The van der Waals surface area contributed by atoms with Gasteiger partial charge in [0.1, 0.15) is 5.60 Å². The molecule has 22 heavy (non-hydrogen) atoms. The monoisotopic (exact) mass is 302 g/mol. The number of nitrogens with one attached hydrogen (secondary N) is 2. The Labute approximate surface area is 130 Å². The Morgan fingerprint density at radius 1 is 1.23 bits per heavy atom. The lowest BCUT2D eigenvalue weighted by Gasteiger charge is -2.19. The number of hydrazine groups is 1. The number of aromatic nitrogens is 2. The van der Waals surface area contributed by atoms with Crippen LogP contribution in [0.4, 0.5) is 4.79 Å². The van der Waals surface area contributed by atoms with Crippen LogP contribution in [-0.4, -0.2) is 21.5 Å². The van der Waals surface area contributed by atoms with Crippen LogP contribution in [0.3, 0.4) is 0 Å². The van der Waals surface area contributed by atoms with Gasteiger partial charge in [-0.3, -0.25) is 10.1 Å². The average Bonchev–Trinajstić information content (AvgIpc) is 2.85. The summed E-state index contributed by atoms with van der Waals surface area (Å²) in [6, 6.07) is 10.1. The summed E-state index contributed by atoms with van der Waals surface area (Å²) in [7, 11) is 0. The van der Waals surface area contributed by atoms with E-state index in [4.69, 9.17) is 4.74 Å². The normalized spacial score (nSPS) is 11.2. The summed E-state index contributed by atoms with van der Waals surface area (Å²) in [4.78, 5) is 11.5. The number of amides is 1. The molecule has 0 fully saturated rings. The van der Waals surface area contributed by atoms with Crippen molar-refractivity contribution < 1.29 is 9.53 Å². The predicted octanol–water partition coefficient (Wildman–Crippen LogP) is 2.46. The zero-order valence-electron chi connectivity index (χ0n) is 13.2. The first kappa shape index (κ1) is 16.0. The lowest BCUT2D eigenvalue weighted by Crippen LogP contribution is -2.40. The molecule has 0 atom stereocenters. The molecule has 0 spiro atoms. The Morgan fingerprint density at radius 3 is 2.64 bits per heavy atom. The molecule has 1 amide bonds. The predicted molar refractivity (Wildman–Crippen MR) is 84.0 cm³/mol. The van der Waals surface area contributed by atoms with E-state index in [0.717, 1.165) is 12.1 Å². The van der Waals surface area contributed by atoms with Gasteiger partial charge in [0.05, 0.1) is 12.7 Å². The molecule has 6 heteroatoms. The maximum Gasteiger partial charge on any atom is 0.422 e. The summed E-state index contributed by atoms with van der Waals surface area (Å²) >= 11 is 0. The SMILES string of the molecule is CC(C)(C)OC(=O)NNCc1cnn(Cc2ccccc2)c1. The molecule has 0 aliphatic carbocycles. The van der Waals surface area contributed by atoms with E-state index in [1.165, 1.54) is 5.56 Å². The minimum absolute atomic E-state index is 0.480. The second-order valence-electron chi connectivity index (χ2n) is 6.01. The summed E-state index contributed by atoms with van der Waals surface area (Å²) in [5.74, 6) is 0. The van der Waals surface area contributed by atoms with Crippen molar-refractivity contribution in [1.29, 1.82) is 0 Å². The Morgan fingerprint density at radius 2 is 1.95 bits per heavy atom. The largest absolute Gasteiger partial charge is 0.443 e. The van der Waals surface area contributed by atoms with Crippen molar-refractivity contribution in [3.05, 3.63) is 53.9 Å². The second kappa shape index (κ2) is 7.09. The molecule has 0 radical (unpaired) electrons. The summed E-state index contributed by atoms with van der Waals surface area (Å²) in [6.45, 7) is 6.66. The van der Waals surface area contributed by atoms with Gasteiger partial charge in [-0.15, -0.1) is 0 Å². The molecule has 6 nitrogen and oxygen atoms in total. The van der Waals surface area contributed by atoms with Gasteiger partial charge in [-0.25, -0.2) is 10.2 Å². The van der Waals surface area contributed by atoms with Crippen LogP contribution in [0.1, 0.15) is 31.9 Å². The third-order valence-corrected chi connectivity index (χ3v) is 2.76. The molecule has 0 aliphatic heterocycles. The standard InChI is InChI=1S/C16H22N4O2/c1-16(2,3)22-15(21)19-17-9-14-10-18-20(12-14)11-13-7-5-4-6-8-13/h4-8,10,12,17H,9,11H2,1-3H3,(H,19,21). The molecule has 1 aromatic carbocycles. The molecular formula is C16H22N4O2. The van der Waals surface area contributed by atoms with Gasteiger partial charge in [-0.05, 0) is 26.3 Å². The number of hydrogen-bond donors (Lipinski definition) is 2. The van der Waals surface area contributed by atoms with Gasteiger partial charge in [0.25, 0.3) is 0 Å². The van der Waals surface area contributed by atoms with Crippen LogP contribution < -0.4 is 10.9 Å². The summed E-state index contributed by atoms with van der Waals surface area (Å²) < 4.78 is 6.99. The Bertz CT molecular complexity index is 602. The van der Waals surface area contributed by atoms with E-state index < -0.39 is 11.7 Å². The molecule has 2 N–H and O–H groups in total. The fraction of sp³-hybridized carbons (Fsp3) is 0.375. The maximum atomic E-state index is 11.5. The van der Waals surface area contributed by atoms with E-state index in [2.05, 4.69) is 28.1 Å². The number of rotatable bonds is 5. The Kier molecular flexibility index (Phi) is 5.16. The molecule has 2 aromatic rings. The van der Waals surface area contributed by atoms with E-state index in [1.807, 2.05) is 49.8 Å². The first-order valence-electron chi connectivity index (χ1n) is 7.19. The highest BCUT2D eigenvalue weighted by molar-refractivity contribution is 5.66. The van der Waals surface area contributed by atoms with Crippen molar-refractivity contribution in [2.75, 3.05) is 0 Å². The van der Waals surface area contributed by atoms with Gasteiger partial charge in [-0.1, -0.05) is 30.3 Å². The number of carbonyl (C=O) groups is 1. The zero-order chi connectivity index (χ0) is 16.0. The van der Waals surface area contributed by atoms with Crippen molar-refractivity contribution in [3.63, 3.8) is 0 Å². The van der Waals surface area contributed by atoms with E-state index >= 15 is 0 Å². The molecule has 118 valence electrons. The van der Waals surface area contributed by atoms with E-state index in [0.29, 0.717) is 6.54 Å². The van der Waals surface area contributed by atoms with E-state index in [9.17, 15) is 4.79 Å². The fourth-order valence-corrected chi connectivity index (χ4v) is 1.88. The first-order chi connectivity index (χ1) is 10.4. The van der Waals surface area contributed by atoms with Crippen LogP contribution in [0.25, 0.3) is 0 Å². The summed E-state index contributed by atoms with van der Waals surface area (Å²) in [5.41, 5.74) is 6.98. The van der Waals surface area contributed by atoms with Gasteiger partial charge in [-0.2, -0.15) is 5.10 Å². The fourth-order valence-electron chi connectivity index (χ4n) is 1.88. The van der Waals surface area contributed by atoms with Gasteiger partial charge in [0.15, 0.2) is 0 Å². The van der Waals surface area contributed by atoms with Crippen molar-refractivity contribution in [3.8, 4) is 0 Å². The number of ether oxygens (including phenoxy) is 1. The van der Waals surface area contributed by atoms with E-state index in [1.54, 1.807) is 6.20 Å². The van der Waals surface area contributed by atoms with Gasteiger partial charge < -0.3 is 4.74 Å². The third-order valence-electron chi connectivity index (χ3n) is 2.76. The average molecular weight is 302 g/mol. The minimum atomic E-state index is -0.508. The highest BCUT2D eigenvalue weighted by atomic mass is 16.6. The lowest BCUT2D eigenvalue weighted by atomic mass is 10.2. The van der Waals surface area contributed by atoms with Gasteiger partial charge in [0, 0.05) is 18.3 Å². The van der Waals surface area contributed by atoms with Crippen LogP contribution in [0.5, 0.6) is 0 Å². The molecule has 1 heterocycles. The van der Waals surface area contributed by atoms with Crippen LogP contribution in [0.15, 0.2) is 42.7 Å². The molecule has 1 aromatic heterocycles. The molecular weight excluding hydrogens is 280 g/mol. The van der Waals surface area contributed by atoms with Crippen molar-refractivity contribution in [2.45, 2.75) is 39.5 Å². The molecule has 2 rings (SSSR count). The third kappa shape index (κ3) is 5.57. The zero-order valence-corrected chi connectivity index (χ0v) is 13.2. The smallest absolute Gasteiger partial charge is 0.422 e. The van der Waals surface area contributed by atoms with Crippen LogP contribution in [0.2, 0.25) is 0 Å². The Balaban J connectivity index is 1.77. The van der Waals surface area contributed by atoms with Crippen molar-refractivity contribution in [1.82, 2.24) is 20.6 Å². The second-order valence-corrected chi connectivity index (χ2v) is 6.01.